The Morgan fingerprint density at radius 2 is 2.00 bits per heavy atom. The number of hydrogen-bond donors (Lipinski definition) is 1. The Morgan fingerprint density at radius 1 is 1.28 bits per heavy atom. The van der Waals surface area contributed by atoms with Gasteiger partial charge in [-0.1, -0.05) is 23.2 Å². The van der Waals surface area contributed by atoms with Gasteiger partial charge in [-0.15, -0.1) is 0 Å². The zero-order valence-corrected chi connectivity index (χ0v) is 11.3. The minimum atomic E-state index is -0.196. The van der Waals surface area contributed by atoms with E-state index in [9.17, 15) is 9.90 Å². The third kappa shape index (κ3) is 1.95. The number of phenolic OH excluding ortho intramolecular Hbond substituents is 1. The number of benzene rings is 1. The van der Waals surface area contributed by atoms with Crippen molar-refractivity contribution in [1.82, 2.24) is 4.90 Å². The monoisotopic (exact) mass is 285 g/mol. The Balaban J connectivity index is 1.88. The zero-order valence-electron chi connectivity index (χ0n) is 9.75. The quantitative estimate of drug-likeness (QED) is 0.860. The molecule has 1 aliphatic heterocycles. The van der Waals surface area contributed by atoms with Crippen LogP contribution in [-0.4, -0.2) is 29.0 Å². The van der Waals surface area contributed by atoms with Gasteiger partial charge in [-0.3, -0.25) is 4.79 Å². The third-order valence-electron chi connectivity index (χ3n) is 3.93. The number of phenols is 1. The molecule has 0 unspecified atom stereocenters. The van der Waals surface area contributed by atoms with Gasteiger partial charge < -0.3 is 10.0 Å². The molecule has 1 spiro atoms. The molecular formula is C13H13Cl2NO2. The second-order valence-electron chi connectivity index (χ2n) is 5.26. The fraction of sp³-hybridized carbons (Fsp3) is 0.462. The van der Waals surface area contributed by atoms with E-state index in [0.717, 1.165) is 19.5 Å². The Bertz CT molecular complexity index is 503. The van der Waals surface area contributed by atoms with Crippen molar-refractivity contribution >= 4 is 29.1 Å². The van der Waals surface area contributed by atoms with Crippen LogP contribution in [0.15, 0.2) is 12.1 Å². The highest BCUT2D eigenvalue weighted by molar-refractivity contribution is 6.37. The molecule has 0 radical (unpaired) electrons. The van der Waals surface area contributed by atoms with Crippen LogP contribution in [0.4, 0.5) is 0 Å². The van der Waals surface area contributed by atoms with Gasteiger partial charge in [0.25, 0.3) is 5.91 Å². The molecule has 96 valence electrons. The minimum Gasteiger partial charge on any atom is -0.507 e. The Kier molecular flexibility index (Phi) is 2.72. The lowest BCUT2D eigenvalue weighted by molar-refractivity contribution is 0.0782. The predicted octanol–water partition coefficient (Wildman–Crippen LogP) is 3.33. The summed E-state index contributed by atoms with van der Waals surface area (Å²) in [6.45, 7) is 1.53. The van der Waals surface area contributed by atoms with Crippen molar-refractivity contribution in [2.45, 2.75) is 19.3 Å². The van der Waals surface area contributed by atoms with E-state index in [0.29, 0.717) is 10.4 Å². The van der Waals surface area contributed by atoms with Crippen LogP contribution in [-0.2, 0) is 0 Å². The molecule has 5 heteroatoms. The van der Waals surface area contributed by atoms with Gasteiger partial charge in [-0.05, 0) is 36.8 Å². The molecule has 1 saturated heterocycles. The number of aromatic hydroxyl groups is 1. The lowest BCUT2D eigenvalue weighted by atomic mass is 10.1. The molecule has 18 heavy (non-hydrogen) atoms. The highest BCUT2D eigenvalue weighted by atomic mass is 35.5. The van der Waals surface area contributed by atoms with Crippen molar-refractivity contribution in [3.8, 4) is 5.75 Å². The molecule has 2 fully saturated rings. The van der Waals surface area contributed by atoms with Crippen LogP contribution >= 0.6 is 23.2 Å². The summed E-state index contributed by atoms with van der Waals surface area (Å²) in [7, 11) is 0. The maximum Gasteiger partial charge on any atom is 0.259 e. The Labute approximate surface area is 115 Å². The largest absolute Gasteiger partial charge is 0.507 e. The average molecular weight is 286 g/mol. The van der Waals surface area contributed by atoms with Crippen molar-refractivity contribution in [2.75, 3.05) is 13.1 Å². The van der Waals surface area contributed by atoms with E-state index in [2.05, 4.69) is 0 Å². The van der Waals surface area contributed by atoms with Crippen molar-refractivity contribution in [3.63, 3.8) is 0 Å². The van der Waals surface area contributed by atoms with E-state index in [1.54, 1.807) is 4.90 Å². The van der Waals surface area contributed by atoms with Crippen LogP contribution in [0, 0.1) is 5.41 Å². The van der Waals surface area contributed by atoms with Gasteiger partial charge in [0.1, 0.15) is 5.75 Å². The third-order valence-corrected chi connectivity index (χ3v) is 4.45. The minimum absolute atomic E-state index is 0.144. The molecular weight excluding hydrogens is 273 g/mol. The van der Waals surface area contributed by atoms with E-state index in [1.165, 1.54) is 25.0 Å². The van der Waals surface area contributed by atoms with Crippen LogP contribution in [0.3, 0.4) is 0 Å². The molecule has 1 aliphatic carbocycles. The van der Waals surface area contributed by atoms with E-state index in [1.807, 2.05) is 0 Å². The van der Waals surface area contributed by atoms with Crippen LogP contribution in [0.5, 0.6) is 5.75 Å². The van der Waals surface area contributed by atoms with Gasteiger partial charge in [0, 0.05) is 18.1 Å². The van der Waals surface area contributed by atoms with Gasteiger partial charge in [-0.25, -0.2) is 0 Å². The molecule has 0 aromatic heterocycles. The van der Waals surface area contributed by atoms with Crippen LogP contribution in [0.2, 0.25) is 10.0 Å². The lowest BCUT2D eigenvalue weighted by Gasteiger charge is -2.18. The second kappa shape index (κ2) is 4.04. The first-order chi connectivity index (χ1) is 8.51. The summed E-state index contributed by atoms with van der Waals surface area (Å²) >= 11 is 11.8. The topological polar surface area (TPSA) is 40.5 Å². The first kappa shape index (κ1) is 12.1. The molecule has 1 aromatic carbocycles. The number of carbonyl (C=O) groups excluding carboxylic acids is 1. The second-order valence-corrected chi connectivity index (χ2v) is 6.10. The molecule has 3 nitrogen and oxygen atoms in total. The maximum absolute atomic E-state index is 12.4. The van der Waals surface area contributed by atoms with Crippen molar-refractivity contribution < 1.29 is 9.90 Å². The SMILES string of the molecule is O=C(c1c(O)cc(Cl)cc1Cl)N1CCC2(CC2)C1. The molecule has 0 atom stereocenters. The first-order valence-corrected chi connectivity index (χ1v) is 6.74. The Morgan fingerprint density at radius 3 is 2.56 bits per heavy atom. The molecule has 3 rings (SSSR count). The van der Waals surface area contributed by atoms with Crippen LogP contribution < -0.4 is 0 Å². The van der Waals surface area contributed by atoms with Crippen LogP contribution in [0.25, 0.3) is 0 Å². The van der Waals surface area contributed by atoms with Gasteiger partial charge >= 0.3 is 0 Å². The Hall–Kier alpha value is -0.930. The van der Waals surface area contributed by atoms with Crippen molar-refractivity contribution in [1.29, 1.82) is 0 Å². The van der Waals surface area contributed by atoms with Gasteiger partial charge in [0.15, 0.2) is 0 Å². The van der Waals surface area contributed by atoms with Gasteiger partial charge in [0.05, 0.1) is 10.6 Å². The summed E-state index contributed by atoms with van der Waals surface area (Å²) in [6, 6.07) is 2.84. The molecule has 1 N–H and O–H groups in total. The summed E-state index contributed by atoms with van der Waals surface area (Å²) in [4.78, 5) is 14.1. The van der Waals surface area contributed by atoms with E-state index >= 15 is 0 Å². The molecule has 1 heterocycles. The number of likely N-dealkylation sites (tertiary alicyclic amines) is 1. The smallest absolute Gasteiger partial charge is 0.259 e. The number of rotatable bonds is 1. The normalized spacial score (nSPS) is 20.4. The standard InChI is InChI=1S/C13H13Cl2NO2/c14-8-5-9(15)11(10(17)6-8)12(18)16-4-3-13(7-16)1-2-13/h5-6,17H,1-4,7H2. The highest BCUT2D eigenvalue weighted by Crippen LogP contribution is 2.53. The fourth-order valence-corrected chi connectivity index (χ4v) is 3.19. The van der Waals surface area contributed by atoms with E-state index < -0.39 is 0 Å². The molecule has 1 aromatic rings. The number of carbonyl (C=O) groups is 1. The van der Waals surface area contributed by atoms with Gasteiger partial charge in [0.2, 0.25) is 0 Å². The fourth-order valence-electron chi connectivity index (χ4n) is 2.62. The highest BCUT2D eigenvalue weighted by Gasteiger charge is 2.49. The van der Waals surface area contributed by atoms with Gasteiger partial charge in [-0.2, -0.15) is 0 Å². The van der Waals surface area contributed by atoms with Crippen LogP contribution in [0.1, 0.15) is 29.6 Å². The first-order valence-electron chi connectivity index (χ1n) is 5.98. The summed E-state index contributed by atoms with van der Waals surface area (Å²) in [5.74, 6) is -0.341. The summed E-state index contributed by atoms with van der Waals surface area (Å²) < 4.78 is 0. The predicted molar refractivity (Wildman–Crippen MR) is 70.3 cm³/mol. The average Bonchev–Trinajstić information content (AvgIpc) is 2.87. The number of halogens is 2. The van der Waals surface area contributed by atoms with Crippen molar-refractivity contribution in [2.24, 2.45) is 5.41 Å². The summed E-state index contributed by atoms with van der Waals surface area (Å²) in [6.07, 6.45) is 3.47. The number of nitrogens with zero attached hydrogens (tertiary/aromatic N) is 1. The zero-order chi connectivity index (χ0) is 12.9. The molecule has 2 aliphatic rings. The summed E-state index contributed by atoms with van der Waals surface area (Å²) in [5.41, 5.74) is 0.531. The number of hydrogen-bond acceptors (Lipinski definition) is 2. The maximum atomic E-state index is 12.4. The summed E-state index contributed by atoms with van der Waals surface area (Å²) in [5, 5.41) is 10.4. The number of amides is 1. The molecule has 1 amide bonds. The molecule has 1 saturated carbocycles. The molecule has 0 bridgehead atoms. The van der Waals surface area contributed by atoms with Crippen molar-refractivity contribution in [3.05, 3.63) is 27.7 Å². The lowest BCUT2D eigenvalue weighted by Crippen LogP contribution is -2.29. The van der Waals surface area contributed by atoms with E-state index in [-0.39, 0.29) is 22.2 Å². The van der Waals surface area contributed by atoms with E-state index in [4.69, 9.17) is 23.2 Å².